The fourth-order valence-corrected chi connectivity index (χ4v) is 2.24. The zero-order chi connectivity index (χ0) is 13.7. The van der Waals surface area contributed by atoms with Gasteiger partial charge in [0.05, 0.1) is 13.2 Å². The van der Waals surface area contributed by atoms with Crippen molar-refractivity contribution in [3.8, 4) is 0 Å². The highest BCUT2D eigenvalue weighted by Crippen LogP contribution is 2.19. The van der Waals surface area contributed by atoms with Gasteiger partial charge in [0.25, 0.3) is 0 Å². The maximum atomic E-state index is 12.5. The lowest BCUT2D eigenvalue weighted by Gasteiger charge is -2.30. The number of rotatable bonds is 5. The first-order chi connectivity index (χ1) is 9.15. The number of hydrogen-bond acceptors (Lipinski definition) is 4. The molecule has 1 aromatic carbocycles. The Morgan fingerprint density at radius 1 is 1.42 bits per heavy atom. The first-order valence-electron chi connectivity index (χ1n) is 6.46. The van der Waals surface area contributed by atoms with Gasteiger partial charge in [0.15, 0.2) is 0 Å². The first kappa shape index (κ1) is 14.0. The first-order valence-corrected chi connectivity index (χ1v) is 6.46. The number of amides is 1. The van der Waals surface area contributed by atoms with E-state index in [-0.39, 0.29) is 25.7 Å². The van der Waals surface area contributed by atoms with E-state index < -0.39 is 5.54 Å². The maximum absolute atomic E-state index is 12.5. The van der Waals surface area contributed by atoms with E-state index in [1.54, 1.807) is 4.90 Å². The van der Waals surface area contributed by atoms with Gasteiger partial charge in [-0.25, -0.2) is 0 Å². The third-order valence-corrected chi connectivity index (χ3v) is 3.35. The molecule has 1 unspecified atom stereocenters. The number of nitrogens with two attached hydrogens (primary N) is 1. The van der Waals surface area contributed by atoms with Gasteiger partial charge in [-0.05, 0) is 12.0 Å². The number of aliphatic hydroxyl groups excluding tert-OH is 1. The Hall–Kier alpha value is -1.43. The predicted molar refractivity (Wildman–Crippen MR) is 71.3 cm³/mol. The van der Waals surface area contributed by atoms with Crippen LogP contribution in [0.15, 0.2) is 30.3 Å². The largest absolute Gasteiger partial charge is 0.395 e. The number of carbonyl (C=O) groups excluding carboxylic acids is 1. The standard InChI is InChI=1S/C14H20N2O3/c15-14(6-9-19-11-14)13(18)16(7-8-17)10-12-4-2-1-3-5-12/h1-5,17H,6-11,15H2. The fourth-order valence-electron chi connectivity index (χ4n) is 2.24. The highest BCUT2D eigenvalue weighted by Gasteiger charge is 2.40. The molecule has 1 heterocycles. The van der Waals surface area contributed by atoms with Crippen molar-refractivity contribution in [3.63, 3.8) is 0 Å². The Balaban J connectivity index is 2.09. The van der Waals surface area contributed by atoms with Crippen LogP contribution in [0.25, 0.3) is 0 Å². The van der Waals surface area contributed by atoms with Crippen LogP contribution in [0, 0.1) is 0 Å². The molecule has 0 aromatic heterocycles. The maximum Gasteiger partial charge on any atom is 0.245 e. The van der Waals surface area contributed by atoms with Crippen molar-refractivity contribution < 1.29 is 14.6 Å². The molecule has 0 bridgehead atoms. The summed E-state index contributed by atoms with van der Waals surface area (Å²) in [7, 11) is 0. The van der Waals surface area contributed by atoms with E-state index in [1.165, 1.54) is 0 Å². The van der Waals surface area contributed by atoms with Gasteiger partial charge in [-0.1, -0.05) is 30.3 Å². The third-order valence-electron chi connectivity index (χ3n) is 3.35. The van der Waals surface area contributed by atoms with E-state index in [0.717, 1.165) is 5.56 Å². The molecule has 19 heavy (non-hydrogen) atoms. The van der Waals surface area contributed by atoms with Crippen LogP contribution in [-0.4, -0.2) is 47.8 Å². The van der Waals surface area contributed by atoms with E-state index in [0.29, 0.717) is 19.6 Å². The number of benzene rings is 1. The number of nitrogens with zero attached hydrogens (tertiary/aromatic N) is 1. The van der Waals surface area contributed by atoms with Crippen molar-refractivity contribution in [1.29, 1.82) is 0 Å². The number of carbonyl (C=O) groups is 1. The van der Waals surface area contributed by atoms with E-state index >= 15 is 0 Å². The Labute approximate surface area is 113 Å². The monoisotopic (exact) mass is 264 g/mol. The van der Waals surface area contributed by atoms with Crippen LogP contribution >= 0.6 is 0 Å². The molecule has 104 valence electrons. The molecule has 1 aliphatic heterocycles. The Kier molecular flexibility index (Phi) is 4.52. The predicted octanol–water partition coefficient (Wildman–Crippen LogP) is 0.125. The van der Waals surface area contributed by atoms with Crippen LogP contribution in [0.5, 0.6) is 0 Å². The van der Waals surface area contributed by atoms with Crippen LogP contribution in [0.1, 0.15) is 12.0 Å². The van der Waals surface area contributed by atoms with Crippen molar-refractivity contribution >= 4 is 5.91 Å². The van der Waals surface area contributed by atoms with Crippen molar-refractivity contribution in [1.82, 2.24) is 4.90 Å². The molecule has 1 amide bonds. The summed E-state index contributed by atoms with van der Waals surface area (Å²) in [5, 5.41) is 9.12. The molecule has 1 fully saturated rings. The summed E-state index contributed by atoms with van der Waals surface area (Å²) >= 11 is 0. The second-order valence-corrected chi connectivity index (χ2v) is 4.89. The number of aliphatic hydroxyl groups is 1. The molecule has 1 atom stereocenters. The van der Waals surface area contributed by atoms with Gasteiger partial charge in [0, 0.05) is 19.7 Å². The van der Waals surface area contributed by atoms with Gasteiger partial charge >= 0.3 is 0 Å². The molecular formula is C14H20N2O3. The van der Waals surface area contributed by atoms with Crippen LogP contribution in [0.4, 0.5) is 0 Å². The fraction of sp³-hybridized carbons (Fsp3) is 0.500. The minimum absolute atomic E-state index is 0.0739. The topological polar surface area (TPSA) is 75.8 Å². The Morgan fingerprint density at radius 2 is 2.16 bits per heavy atom. The summed E-state index contributed by atoms with van der Waals surface area (Å²) < 4.78 is 5.22. The molecule has 5 heteroatoms. The van der Waals surface area contributed by atoms with E-state index in [4.69, 9.17) is 15.6 Å². The smallest absolute Gasteiger partial charge is 0.245 e. The molecule has 0 saturated carbocycles. The van der Waals surface area contributed by atoms with Gasteiger partial charge in [0.1, 0.15) is 5.54 Å². The zero-order valence-corrected chi connectivity index (χ0v) is 10.9. The minimum atomic E-state index is -0.941. The molecule has 1 aliphatic rings. The highest BCUT2D eigenvalue weighted by molar-refractivity contribution is 5.86. The molecule has 5 nitrogen and oxygen atoms in total. The average molecular weight is 264 g/mol. The molecule has 3 N–H and O–H groups in total. The van der Waals surface area contributed by atoms with Crippen molar-refractivity contribution in [2.45, 2.75) is 18.5 Å². The van der Waals surface area contributed by atoms with Crippen molar-refractivity contribution in [3.05, 3.63) is 35.9 Å². The van der Waals surface area contributed by atoms with Gasteiger partial charge < -0.3 is 20.5 Å². The van der Waals surface area contributed by atoms with E-state index in [1.807, 2.05) is 30.3 Å². The summed E-state index contributed by atoms with van der Waals surface area (Å²) in [4.78, 5) is 14.1. The van der Waals surface area contributed by atoms with Gasteiger partial charge in [-0.2, -0.15) is 0 Å². The molecule has 0 radical (unpaired) electrons. The third kappa shape index (κ3) is 3.32. The van der Waals surface area contributed by atoms with Crippen molar-refractivity contribution in [2.75, 3.05) is 26.4 Å². The molecule has 1 aromatic rings. The summed E-state index contributed by atoms with van der Waals surface area (Å²) in [6.07, 6.45) is 0.530. The SMILES string of the molecule is NC1(C(=O)N(CCO)Cc2ccccc2)CCOC1. The minimum Gasteiger partial charge on any atom is -0.395 e. The van der Waals surface area contributed by atoms with Gasteiger partial charge in [-0.15, -0.1) is 0 Å². The summed E-state index contributed by atoms with van der Waals surface area (Å²) in [5.74, 6) is -0.150. The average Bonchev–Trinajstić information content (AvgIpc) is 2.87. The lowest BCUT2D eigenvalue weighted by atomic mass is 9.98. The molecule has 1 saturated heterocycles. The van der Waals surface area contributed by atoms with Crippen LogP contribution in [0.2, 0.25) is 0 Å². The lowest BCUT2D eigenvalue weighted by Crippen LogP contribution is -2.56. The zero-order valence-electron chi connectivity index (χ0n) is 10.9. The van der Waals surface area contributed by atoms with Crippen LogP contribution < -0.4 is 5.73 Å². The number of ether oxygens (including phenoxy) is 1. The van der Waals surface area contributed by atoms with Crippen molar-refractivity contribution in [2.24, 2.45) is 5.73 Å². The molecule has 2 rings (SSSR count). The highest BCUT2D eigenvalue weighted by atomic mass is 16.5. The van der Waals surface area contributed by atoms with Gasteiger partial charge in [0.2, 0.25) is 5.91 Å². The molecular weight excluding hydrogens is 244 g/mol. The summed E-state index contributed by atoms with van der Waals surface area (Å²) in [6, 6.07) is 9.68. The Morgan fingerprint density at radius 3 is 2.74 bits per heavy atom. The van der Waals surface area contributed by atoms with Crippen LogP contribution in [0.3, 0.4) is 0 Å². The molecule has 0 aliphatic carbocycles. The second kappa shape index (κ2) is 6.14. The number of hydrogen-bond donors (Lipinski definition) is 2. The summed E-state index contributed by atoms with van der Waals surface area (Å²) in [5.41, 5.74) is 6.17. The molecule has 0 spiro atoms. The quantitative estimate of drug-likeness (QED) is 0.792. The van der Waals surface area contributed by atoms with E-state index in [9.17, 15) is 4.79 Å². The summed E-state index contributed by atoms with van der Waals surface area (Å²) in [6.45, 7) is 1.43. The Bertz CT molecular complexity index is 416. The van der Waals surface area contributed by atoms with E-state index in [2.05, 4.69) is 0 Å². The normalized spacial score (nSPS) is 22.4. The van der Waals surface area contributed by atoms with Crippen LogP contribution in [-0.2, 0) is 16.1 Å². The van der Waals surface area contributed by atoms with Gasteiger partial charge in [-0.3, -0.25) is 4.79 Å². The second-order valence-electron chi connectivity index (χ2n) is 4.89. The lowest BCUT2D eigenvalue weighted by molar-refractivity contribution is -0.138.